The Balaban J connectivity index is 1.75. The van der Waals surface area contributed by atoms with E-state index >= 15 is 0 Å². The van der Waals surface area contributed by atoms with Crippen molar-refractivity contribution in [2.45, 2.75) is 56.4 Å². The van der Waals surface area contributed by atoms with Gasteiger partial charge in [-0.25, -0.2) is 4.98 Å². The molecule has 0 bridgehead atoms. The third kappa shape index (κ3) is 2.81. The van der Waals surface area contributed by atoms with Crippen LogP contribution >= 0.6 is 11.8 Å². The van der Waals surface area contributed by atoms with Crippen molar-refractivity contribution in [3.05, 3.63) is 22.7 Å². The summed E-state index contributed by atoms with van der Waals surface area (Å²) in [5.41, 5.74) is 0.0529. The molecule has 2 aliphatic rings. The van der Waals surface area contributed by atoms with Gasteiger partial charge in [0.1, 0.15) is 0 Å². The van der Waals surface area contributed by atoms with E-state index in [1.807, 2.05) is 22.5 Å². The van der Waals surface area contributed by atoms with Gasteiger partial charge in [-0.15, -0.1) is 0 Å². The molecule has 0 radical (unpaired) electrons. The number of anilines is 1. The van der Waals surface area contributed by atoms with Gasteiger partial charge in [0.15, 0.2) is 5.82 Å². The van der Waals surface area contributed by atoms with E-state index in [1.54, 1.807) is 6.20 Å². The molecule has 3 rings (SSSR count). The van der Waals surface area contributed by atoms with Crippen LogP contribution in [0.1, 0.15) is 45.1 Å². The zero-order valence-electron chi connectivity index (χ0n) is 11.3. The molecule has 2 saturated carbocycles. The van der Waals surface area contributed by atoms with Crippen LogP contribution in [0.5, 0.6) is 0 Å². The summed E-state index contributed by atoms with van der Waals surface area (Å²) in [6, 6.07) is 0.820. The van der Waals surface area contributed by atoms with Gasteiger partial charge >= 0.3 is 0 Å². The first-order valence-electron chi connectivity index (χ1n) is 7.25. The summed E-state index contributed by atoms with van der Waals surface area (Å²) in [4.78, 5) is 16.6. The number of hydrogen-bond donors (Lipinski definition) is 1. The SMILES string of the molecule is CCSC1CCCC1Nc1nccn(C2CC2)c1=O. The molecule has 19 heavy (non-hydrogen) atoms. The highest BCUT2D eigenvalue weighted by molar-refractivity contribution is 7.99. The number of rotatable bonds is 5. The first-order valence-corrected chi connectivity index (χ1v) is 8.29. The lowest BCUT2D eigenvalue weighted by Gasteiger charge is -2.20. The monoisotopic (exact) mass is 279 g/mol. The summed E-state index contributed by atoms with van der Waals surface area (Å²) in [5, 5.41) is 4.03. The summed E-state index contributed by atoms with van der Waals surface area (Å²) in [7, 11) is 0. The molecular weight excluding hydrogens is 258 g/mol. The fourth-order valence-corrected chi connectivity index (χ4v) is 4.04. The number of hydrogen-bond acceptors (Lipinski definition) is 4. The molecule has 2 fully saturated rings. The summed E-state index contributed by atoms with van der Waals surface area (Å²) in [6.45, 7) is 2.20. The molecule has 5 heteroatoms. The molecule has 0 saturated heterocycles. The Morgan fingerprint density at radius 3 is 3.00 bits per heavy atom. The van der Waals surface area contributed by atoms with E-state index in [4.69, 9.17) is 0 Å². The van der Waals surface area contributed by atoms with Gasteiger partial charge in [0.05, 0.1) is 0 Å². The van der Waals surface area contributed by atoms with Gasteiger partial charge in [-0.2, -0.15) is 11.8 Å². The third-order valence-corrected chi connectivity index (χ3v) is 5.29. The Hall–Kier alpha value is -0.970. The van der Waals surface area contributed by atoms with E-state index in [0.717, 1.165) is 25.0 Å². The lowest BCUT2D eigenvalue weighted by molar-refractivity contribution is 0.690. The van der Waals surface area contributed by atoms with Crippen molar-refractivity contribution in [3.8, 4) is 0 Å². The normalized spacial score (nSPS) is 26.6. The predicted octanol–water partition coefficient (Wildman–Crippen LogP) is 2.66. The molecule has 0 amide bonds. The van der Waals surface area contributed by atoms with E-state index in [9.17, 15) is 4.79 Å². The van der Waals surface area contributed by atoms with Crippen molar-refractivity contribution < 1.29 is 0 Å². The highest BCUT2D eigenvalue weighted by Gasteiger charge is 2.29. The van der Waals surface area contributed by atoms with Crippen LogP contribution in [0.15, 0.2) is 17.2 Å². The third-order valence-electron chi connectivity index (χ3n) is 3.96. The quantitative estimate of drug-likeness (QED) is 0.900. The predicted molar refractivity (Wildman–Crippen MR) is 79.9 cm³/mol. The average Bonchev–Trinajstić information content (AvgIpc) is 3.16. The lowest BCUT2D eigenvalue weighted by Crippen LogP contribution is -2.32. The molecule has 104 valence electrons. The van der Waals surface area contributed by atoms with Crippen molar-refractivity contribution in [2.75, 3.05) is 11.1 Å². The highest BCUT2D eigenvalue weighted by atomic mass is 32.2. The summed E-state index contributed by atoms with van der Waals surface area (Å²) >= 11 is 2.00. The van der Waals surface area contributed by atoms with Crippen molar-refractivity contribution in [3.63, 3.8) is 0 Å². The summed E-state index contributed by atoms with van der Waals surface area (Å²) in [6.07, 6.45) is 9.47. The first kappa shape index (κ1) is 13.0. The van der Waals surface area contributed by atoms with Gasteiger partial charge in [-0.05, 0) is 31.4 Å². The molecule has 0 spiro atoms. The van der Waals surface area contributed by atoms with Crippen molar-refractivity contribution in [2.24, 2.45) is 0 Å². The van der Waals surface area contributed by atoms with Gasteiger partial charge in [0, 0.05) is 29.7 Å². The molecule has 4 nitrogen and oxygen atoms in total. The molecule has 2 aliphatic carbocycles. The van der Waals surface area contributed by atoms with E-state index < -0.39 is 0 Å². The maximum Gasteiger partial charge on any atom is 0.293 e. The van der Waals surface area contributed by atoms with Crippen LogP contribution in [0, 0.1) is 0 Å². The Morgan fingerprint density at radius 2 is 2.26 bits per heavy atom. The molecule has 0 aromatic carbocycles. The Morgan fingerprint density at radius 1 is 1.42 bits per heavy atom. The second-order valence-corrected chi connectivity index (χ2v) is 6.91. The summed E-state index contributed by atoms with van der Waals surface area (Å²) in [5.74, 6) is 1.68. The number of nitrogens with one attached hydrogen (secondary N) is 1. The van der Waals surface area contributed by atoms with Crippen LogP contribution < -0.4 is 10.9 Å². The maximum absolute atomic E-state index is 12.3. The van der Waals surface area contributed by atoms with Crippen LogP contribution in [0.2, 0.25) is 0 Å². The fourth-order valence-electron chi connectivity index (χ4n) is 2.84. The maximum atomic E-state index is 12.3. The smallest absolute Gasteiger partial charge is 0.293 e. The molecule has 2 unspecified atom stereocenters. The van der Waals surface area contributed by atoms with E-state index in [1.165, 1.54) is 12.8 Å². The highest BCUT2D eigenvalue weighted by Crippen LogP contribution is 2.34. The van der Waals surface area contributed by atoms with Gasteiger partial charge in [0.25, 0.3) is 5.56 Å². The topological polar surface area (TPSA) is 46.9 Å². The van der Waals surface area contributed by atoms with Crippen LogP contribution in [-0.2, 0) is 0 Å². The molecule has 2 atom stereocenters. The average molecular weight is 279 g/mol. The van der Waals surface area contributed by atoms with Crippen molar-refractivity contribution >= 4 is 17.6 Å². The molecule has 1 aromatic heterocycles. The van der Waals surface area contributed by atoms with E-state index in [2.05, 4.69) is 17.2 Å². The van der Waals surface area contributed by atoms with Gasteiger partial charge in [0.2, 0.25) is 0 Å². The first-order chi connectivity index (χ1) is 9.29. The number of aromatic nitrogens is 2. The minimum atomic E-state index is 0.0529. The second-order valence-electron chi connectivity index (χ2n) is 5.39. The molecule has 1 N–H and O–H groups in total. The van der Waals surface area contributed by atoms with Crippen LogP contribution in [0.25, 0.3) is 0 Å². The molecular formula is C14H21N3OS. The molecule has 0 aliphatic heterocycles. The number of thioether (sulfide) groups is 1. The zero-order chi connectivity index (χ0) is 13.2. The standard InChI is InChI=1S/C14H21N3OS/c1-2-19-12-5-3-4-11(12)16-13-14(18)17(9-8-15-13)10-6-7-10/h8-12H,2-7H2,1H3,(H,15,16). The van der Waals surface area contributed by atoms with Gasteiger partial charge < -0.3 is 9.88 Å². The minimum Gasteiger partial charge on any atom is -0.362 e. The van der Waals surface area contributed by atoms with Crippen LogP contribution in [0.4, 0.5) is 5.82 Å². The Labute approximate surface area is 118 Å². The van der Waals surface area contributed by atoms with Gasteiger partial charge in [-0.3, -0.25) is 4.79 Å². The van der Waals surface area contributed by atoms with Gasteiger partial charge in [-0.1, -0.05) is 13.3 Å². The van der Waals surface area contributed by atoms with Crippen molar-refractivity contribution in [1.82, 2.24) is 9.55 Å². The van der Waals surface area contributed by atoms with Crippen LogP contribution in [-0.4, -0.2) is 26.6 Å². The van der Waals surface area contributed by atoms with E-state index in [0.29, 0.717) is 23.2 Å². The Bertz CT molecular complexity index is 498. The minimum absolute atomic E-state index is 0.0529. The summed E-state index contributed by atoms with van der Waals surface area (Å²) < 4.78 is 1.84. The van der Waals surface area contributed by atoms with E-state index in [-0.39, 0.29) is 5.56 Å². The molecule has 1 heterocycles. The fraction of sp³-hybridized carbons (Fsp3) is 0.714. The van der Waals surface area contributed by atoms with Crippen molar-refractivity contribution in [1.29, 1.82) is 0 Å². The molecule has 1 aromatic rings. The zero-order valence-corrected chi connectivity index (χ0v) is 12.2. The Kier molecular flexibility index (Phi) is 3.82. The second kappa shape index (κ2) is 5.57. The lowest BCUT2D eigenvalue weighted by atomic mass is 10.2. The largest absolute Gasteiger partial charge is 0.362 e. The van der Waals surface area contributed by atoms with Crippen LogP contribution in [0.3, 0.4) is 0 Å². The number of nitrogens with zero attached hydrogens (tertiary/aromatic N) is 2.